The van der Waals surface area contributed by atoms with Gasteiger partial charge in [-0.25, -0.2) is 9.37 Å². The molecule has 0 amide bonds. The molecule has 1 aliphatic rings. The van der Waals surface area contributed by atoms with Gasteiger partial charge in [0.15, 0.2) is 5.78 Å². The lowest BCUT2D eigenvalue weighted by atomic mass is 9.89. The highest BCUT2D eigenvalue weighted by molar-refractivity contribution is 5.82. The van der Waals surface area contributed by atoms with E-state index < -0.39 is 0 Å². The molecule has 1 fully saturated rings. The molecule has 1 saturated carbocycles. The zero-order valence-electron chi connectivity index (χ0n) is 26.7. The van der Waals surface area contributed by atoms with Crippen LogP contribution in [-0.4, -0.2) is 60.5 Å². The summed E-state index contributed by atoms with van der Waals surface area (Å²) in [5.41, 5.74) is 0.495. The Balaban J connectivity index is 1.27. The summed E-state index contributed by atoms with van der Waals surface area (Å²) in [6.45, 7) is 13.1. The minimum Gasteiger partial charge on any atom is -0.492 e. The van der Waals surface area contributed by atoms with Gasteiger partial charge in [-0.2, -0.15) is 0 Å². The highest BCUT2D eigenvalue weighted by Crippen LogP contribution is 2.26. The molecule has 2 unspecified atom stereocenters. The molecule has 3 rings (SSSR count). The molecule has 9 heteroatoms. The fourth-order valence-corrected chi connectivity index (χ4v) is 4.87. The minimum atomic E-state index is -0.318. The van der Waals surface area contributed by atoms with E-state index in [-0.39, 0.29) is 48.0 Å². The molecule has 0 radical (unpaired) electrons. The fraction of sp³-hybridized carbons (Fsp3) is 0.618. The molecule has 238 valence electrons. The molecule has 2 aromatic rings. The number of pyridine rings is 1. The lowest BCUT2D eigenvalue weighted by Crippen LogP contribution is -2.49. The summed E-state index contributed by atoms with van der Waals surface area (Å²) in [6.07, 6.45) is 6.01. The zero-order chi connectivity index (χ0) is 31.4. The lowest BCUT2D eigenvalue weighted by Gasteiger charge is -2.36. The number of carbonyl (C=O) groups excluding carboxylic acids is 2. The smallest absolute Gasteiger partial charge is 0.213 e. The Morgan fingerprint density at radius 2 is 1.72 bits per heavy atom. The van der Waals surface area contributed by atoms with E-state index in [0.29, 0.717) is 61.0 Å². The highest BCUT2D eigenvalue weighted by Gasteiger charge is 2.31. The molecular formula is C34H50FN3O5. The zero-order valence-corrected chi connectivity index (χ0v) is 26.7. The van der Waals surface area contributed by atoms with Gasteiger partial charge in [-0.05, 0) is 68.9 Å². The van der Waals surface area contributed by atoms with Crippen LogP contribution in [0.4, 0.5) is 4.39 Å². The van der Waals surface area contributed by atoms with Crippen LogP contribution in [0.2, 0.25) is 0 Å². The van der Waals surface area contributed by atoms with Crippen LogP contribution in [0.3, 0.4) is 0 Å². The van der Waals surface area contributed by atoms with Crippen LogP contribution in [0.1, 0.15) is 79.2 Å². The van der Waals surface area contributed by atoms with Gasteiger partial charge in [0.25, 0.3) is 0 Å². The van der Waals surface area contributed by atoms with Gasteiger partial charge >= 0.3 is 0 Å². The SMILES string of the molecule is CC(CCC(C)C(=O)COc1ccc(O[C@H]2C[C@H](NC(C)C)C2)nc1)NCCOc1ccc(F)c(CCC(=O)C(C)C)c1. The maximum Gasteiger partial charge on any atom is 0.213 e. The van der Waals surface area contributed by atoms with Crippen LogP contribution in [0.5, 0.6) is 17.4 Å². The molecule has 0 saturated heterocycles. The number of carbonyl (C=O) groups is 2. The normalized spacial score (nSPS) is 17.8. The summed E-state index contributed by atoms with van der Waals surface area (Å²) in [5.74, 6) is 1.39. The molecule has 43 heavy (non-hydrogen) atoms. The number of halogens is 1. The Morgan fingerprint density at radius 1 is 0.977 bits per heavy atom. The van der Waals surface area contributed by atoms with Crippen molar-refractivity contribution in [3.63, 3.8) is 0 Å². The minimum absolute atomic E-state index is 0.00909. The number of benzene rings is 1. The van der Waals surface area contributed by atoms with Crippen LogP contribution < -0.4 is 24.8 Å². The highest BCUT2D eigenvalue weighted by atomic mass is 19.1. The molecule has 0 spiro atoms. The van der Waals surface area contributed by atoms with E-state index >= 15 is 0 Å². The van der Waals surface area contributed by atoms with Crippen molar-refractivity contribution in [2.24, 2.45) is 11.8 Å². The molecule has 2 atom stereocenters. The van der Waals surface area contributed by atoms with Gasteiger partial charge in [0, 0.05) is 49.0 Å². The van der Waals surface area contributed by atoms with Gasteiger partial charge in [-0.1, -0.05) is 34.6 Å². The van der Waals surface area contributed by atoms with E-state index in [1.54, 1.807) is 30.5 Å². The monoisotopic (exact) mass is 599 g/mol. The van der Waals surface area contributed by atoms with Crippen molar-refractivity contribution in [1.82, 2.24) is 15.6 Å². The van der Waals surface area contributed by atoms with Crippen LogP contribution in [-0.2, 0) is 16.0 Å². The largest absolute Gasteiger partial charge is 0.492 e. The topological polar surface area (TPSA) is 98.8 Å². The van der Waals surface area contributed by atoms with E-state index in [1.165, 1.54) is 6.07 Å². The van der Waals surface area contributed by atoms with Gasteiger partial charge in [0.2, 0.25) is 5.88 Å². The predicted molar refractivity (Wildman–Crippen MR) is 166 cm³/mol. The van der Waals surface area contributed by atoms with Crippen molar-refractivity contribution in [2.75, 3.05) is 19.8 Å². The van der Waals surface area contributed by atoms with Crippen LogP contribution in [0.25, 0.3) is 0 Å². The van der Waals surface area contributed by atoms with Gasteiger partial charge < -0.3 is 24.8 Å². The standard InChI is InChI=1S/C34H50FN3O5/c1-22(2)32(39)13-9-26-17-28(10-12-31(26)35)41-16-15-36-25(6)8-7-24(5)33(40)21-42-29-11-14-34(37-20-29)43-30-18-27(19-30)38-23(3)4/h10-12,14,17,20,22-25,27,30,36,38H,7-9,13,15-16,18-19,21H2,1-6H3/t24?,25?,27-,30-. The third-order valence-corrected chi connectivity index (χ3v) is 7.79. The number of nitrogens with one attached hydrogen (secondary N) is 2. The van der Waals surface area contributed by atoms with Gasteiger partial charge in [0.1, 0.15) is 42.4 Å². The first-order valence-corrected chi connectivity index (χ1v) is 15.7. The first-order valence-electron chi connectivity index (χ1n) is 15.7. The Labute approximate surface area is 256 Å². The van der Waals surface area contributed by atoms with E-state index in [9.17, 15) is 14.0 Å². The summed E-state index contributed by atoms with van der Waals surface area (Å²) < 4.78 is 31.5. The van der Waals surface area contributed by atoms with E-state index in [0.717, 1.165) is 25.7 Å². The summed E-state index contributed by atoms with van der Waals surface area (Å²) in [5, 5.41) is 6.92. The quantitative estimate of drug-likeness (QED) is 0.187. The van der Waals surface area contributed by atoms with Crippen molar-refractivity contribution >= 4 is 11.6 Å². The molecule has 1 heterocycles. The number of rotatable bonds is 20. The number of hydrogen-bond acceptors (Lipinski definition) is 8. The van der Waals surface area contributed by atoms with Crippen molar-refractivity contribution in [3.8, 4) is 17.4 Å². The number of ether oxygens (including phenoxy) is 3. The first-order chi connectivity index (χ1) is 20.5. The average molecular weight is 600 g/mol. The van der Waals surface area contributed by atoms with E-state index in [2.05, 4.69) is 36.4 Å². The maximum atomic E-state index is 14.1. The second-order valence-electron chi connectivity index (χ2n) is 12.4. The van der Waals surface area contributed by atoms with Crippen molar-refractivity contribution in [3.05, 3.63) is 47.9 Å². The van der Waals surface area contributed by atoms with E-state index in [1.807, 2.05) is 20.8 Å². The lowest BCUT2D eigenvalue weighted by molar-refractivity contribution is -0.124. The second-order valence-corrected chi connectivity index (χ2v) is 12.4. The molecular weight excluding hydrogens is 549 g/mol. The van der Waals surface area contributed by atoms with Gasteiger partial charge in [-0.3, -0.25) is 9.59 Å². The Kier molecular flexibility index (Phi) is 13.9. The molecule has 0 bridgehead atoms. The van der Waals surface area contributed by atoms with Gasteiger partial charge in [-0.15, -0.1) is 0 Å². The van der Waals surface area contributed by atoms with Gasteiger partial charge in [0.05, 0.1) is 6.20 Å². The Hall–Kier alpha value is -3.04. The number of Topliss-reactive ketones (excluding diaryl/α,β-unsaturated/α-hetero) is 2. The predicted octanol–water partition coefficient (Wildman–Crippen LogP) is 5.71. The van der Waals surface area contributed by atoms with Crippen LogP contribution in [0.15, 0.2) is 36.5 Å². The van der Waals surface area contributed by atoms with Crippen molar-refractivity contribution < 1.29 is 28.2 Å². The second kappa shape index (κ2) is 17.3. The number of aryl methyl sites for hydroxylation is 1. The van der Waals surface area contributed by atoms with Crippen LogP contribution >= 0.6 is 0 Å². The third kappa shape index (κ3) is 12.2. The molecule has 0 aliphatic heterocycles. The molecule has 1 aromatic heterocycles. The van der Waals surface area contributed by atoms with Crippen LogP contribution in [0, 0.1) is 17.7 Å². The first kappa shape index (κ1) is 34.5. The molecule has 2 N–H and O–H groups in total. The molecule has 1 aromatic carbocycles. The summed E-state index contributed by atoms with van der Waals surface area (Å²) in [6, 6.07) is 9.43. The summed E-state index contributed by atoms with van der Waals surface area (Å²) in [7, 11) is 0. The molecule has 8 nitrogen and oxygen atoms in total. The number of ketones is 2. The molecule has 1 aliphatic carbocycles. The van der Waals surface area contributed by atoms with Crippen molar-refractivity contribution in [2.45, 2.75) is 104 Å². The summed E-state index contributed by atoms with van der Waals surface area (Å²) >= 11 is 0. The average Bonchev–Trinajstić information content (AvgIpc) is 2.95. The fourth-order valence-electron chi connectivity index (χ4n) is 4.87. The Morgan fingerprint density at radius 3 is 2.40 bits per heavy atom. The third-order valence-electron chi connectivity index (χ3n) is 7.79. The number of aromatic nitrogens is 1. The number of nitrogens with zero attached hydrogens (tertiary/aromatic N) is 1. The maximum absolute atomic E-state index is 14.1. The summed E-state index contributed by atoms with van der Waals surface area (Å²) in [4.78, 5) is 28.8. The van der Waals surface area contributed by atoms with Crippen molar-refractivity contribution in [1.29, 1.82) is 0 Å². The Bertz CT molecular complexity index is 1150. The van der Waals surface area contributed by atoms with E-state index in [4.69, 9.17) is 14.2 Å². The number of hydrogen-bond donors (Lipinski definition) is 2.